The molecule has 112 valence electrons. The molecule has 2 aromatic rings. The van der Waals surface area contributed by atoms with Crippen LogP contribution in [0, 0.1) is 6.92 Å². The fourth-order valence-electron chi connectivity index (χ4n) is 2.04. The molecule has 0 bridgehead atoms. The van der Waals surface area contributed by atoms with Gasteiger partial charge in [-0.25, -0.2) is 0 Å². The molecule has 0 aliphatic rings. The molecule has 0 unspecified atom stereocenters. The Kier molecular flexibility index (Phi) is 5.56. The maximum absolute atomic E-state index is 12.0. The molecular formula is C16H20BrN3O. The van der Waals surface area contributed by atoms with Gasteiger partial charge in [-0.15, -0.1) is 0 Å². The predicted molar refractivity (Wildman–Crippen MR) is 87.4 cm³/mol. The standard InChI is InChI=1S/C16H20BrN3O/c1-3-13-5-7-14(8-6-13)16(21)18-9-4-10-20-11-15(17)12(2)19-20/h5-8,11H,3-4,9-10H2,1-2H3,(H,18,21). The van der Waals surface area contributed by atoms with Gasteiger partial charge in [-0.2, -0.15) is 5.10 Å². The first kappa shape index (κ1) is 15.8. The average molecular weight is 350 g/mol. The monoisotopic (exact) mass is 349 g/mol. The van der Waals surface area contributed by atoms with E-state index >= 15 is 0 Å². The van der Waals surface area contributed by atoms with E-state index in [4.69, 9.17) is 0 Å². The van der Waals surface area contributed by atoms with Crippen LogP contribution in [0.25, 0.3) is 0 Å². The smallest absolute Gasteiger partial charge is 0.251 e. The van der Waals surface area contributed by atoms with E-state index in [1.54, 1.807) is 0 Å². The fourth-order valence-corrected chi connectivity index (χ4v) is 2.36. The maximum atomic E-state index is 12.0. The summed E-state index contributed by atoms with van der Waals surface area (Å²) in [6.45, 7) is 5.50. The van der Waals surface area contributed by atoms with Crippen LogP contribution in [0.15, 0.2) is 34.9 Å². The molecule has 4 nitrogen and oxygen atoms in total. The highest BCUT2D eigenvalue weighted by Gasteiger charge is 2.05. The Morgan fingerprint density at radius 3 is 2.62 bits per heavy atom. The number of carbonyl (C=O) groups excluding carboxylic acids is 1. The molecule has 0 spiro atoms. The normalized spacial score (nSPS) is 10.6. The first-order valence-electron chi connectivity index (χ1n) is 7.17. The number of hydrogen-bond acceptors (Lipinski definition) is 2. The van der Waals surface area contributed by atoms with Gasteiger partial charge >= 0.3 is 0 Å². The van der Waals surface area contributed by atoms with Crippen LogP contribution in [0.2, 0.25) is 0 Å². The third kappa shape index (κ3) is 4.43. The summed E-state index contributed by atoms with van der Waals surface area (Å²) in [6, 6.07) is 7.75. The van der Waals surface area contributed by atoms with Crippen LogP contribution >= 0.6 is 15.9 Å². The summed E-state index contributed by atoms with van der Waals surface area (Å²) < 4.78 is 2.91. The Balaban J connectivity index is 1.76. The SMILES string of the molecule is CCc1ccc(C(=O)NCCCn2cc(Br)c(C)n2)cc1. The van der Waals surface area contributed by atoms with Crippen LogP contribution in [0.5, 0.6) is 0 Å². The van der Waals surface area contributed by atoms with E-state index in [1.165, 1.54) is 5.56 Å². The lowest BCUT2D eigenvalue weighted by atomic mass is 10.1. The van der Waals surface area contributed by atoms with Gasteiger partial charge in [-0.3, -0.25) is 9.48 Å². The second kappa shape index (κ2) is 7.41. The summed E-state index contributed by atoms with van der Waals surface area (Å²) in [5, 5.41) is 7.30. The van der Waals surface area contributed by atoms with E-state index in [0.717, 1.165) is 29.6 Å². The van der Waals surface area contributed by atoms with Crippen LogP contribution in [0.3, 0.4) is 0 Å². The second-order valence-electron chi connectivity index (χ2n) is 4.99. The largest absolute Gasteiger partial charge is 0.352 e. The van der Waals surface area contributed by atoms with Gasteiger partial charge in [0.25, 0.3) is 5.91 Å². The lowest BCUT2D eigenvalue weighted by molar-refractivity contribution is 0.0952. The number of amides is 1. The molecule has 0 saturated heterocycles. The van der Waals surface area contributed by atoms with Crippen molar-refractivity contribution in [3.8, 4) is 0 Å². The molecule has 5 heteroatoms. The Labute approximate surface area is 133 Å². The van der Waals surface area contributed by atoms with Crippen molar-refractivity contribution in [2.75, 3.05) is 6.54 Å². The topological polar surface area (TPSA) is 46.9 Å². The molecule has 0 fully saturated rings. The third-order valence-electron chi connectivity index (χ3n) is 3.36. The van der Waals surface area contributed by atoms with E-state index in [0.29, 0.717) is 12.1 Å². The lowest BCUT2D eigenvalue weighted by Gasteiger charge is -2.06. The molecule has 0 radical (unpaired) electrons. The Morgan fingerprint density at radius 1 is 1.33 bits per heavy atom. The highest BCUT2D eigenvalue weighted by molar-refractivity contribution is 9.10. The zero-order chi connectivity index (χ0) is 15.2. The molecule has 1 heterocycles. The molecule has 1 aromatic carbocycles. The first-order chi connectivity index (χ1) is 10.1. The number of carbonyl (C=O) groups is 1. The minimum absolute atomic E-state index is 0.0181. The van der Waals surface area contributed by atoms with Crippen molar-refractivity contribution >= 4 is 21.8 Å². The molecule has 0 saturated carbocycles. The molecule has 21 heavy (non-hydrogen) atoms. The Hall–Kier alpha value is -1.62. The molecule has 0 aliphatic heterocycles. The molecule has 1 N–H and O–H groups in total. The molecule has 1 amide bonds. The van der Waals surface area contributed by atoms with Crippen molar-refractivity contribution < 1.29 is 4.79 Å². The van der Waals surface area contributed by atoms with Crippen molar-refractivity contribution in [2.45, 2.75) is 33.2 Å². The van der Waals surface area contributed by atoms with Crippen LogP contribution in [-0.4, -0.2) is 22.2 Å². The molecule has 0 atom stereocenters. The number of benzene rings is 1. The van der Waals surface area contributed by atoms with E-state index < -0.39 is 0 Å². The molecule has 0 aliphatic carbocycles. The number of nitrogens with one attached hydrogen (secondary N) is 1. The van der Waals surface area contributed by atoms with Crippen molar-refractivity contribution in [1.82, 2.24) is 15.1 Å². The van der Waals surface area contributed by atoms with Gasteiger partial charge in [0.05, 0.1) is 10.2 Å². The number of aryl methyl sites for hydroxylation is 3. The third-order valence-corrected chi connectivity index (χ3v) is 4.14. The van der Waals surface area contributed by atoms with E-state index in [2.05, 4.69) is 33.3 Å². The zero-order valence-corrected chi connectivity index (χ0v) is 14.0. The average Bonchev–Trinajstić information content (AvgIpc) is 2.82. The predicted octanol–water partition coefficient (Wildman–Crippen LogP) is 3.34. The number of nitrogens with zero attached hydrogens (tertiary/aromatic N) is 2. The summed E-state index contributed by atoms with van der Waals surface area (Å²) in [6.07, 6.45) is 3.80. The van der Waals surface area contributed by atoms with Crippen LogP contribution in [-0.2, 0) is 13.0 Å². The van der Waals surface area contributed by atoms with Crippen LogP contribution in [0.1, 0.15) is 35.0 Å². The summed E-state index contributed by atoms with van der Waals surface area (Å²) in [5.74, 6) is -0.0181. The number of halogens is 1. The van der Waals surface area contributed by atoms with Crippen molar-refractivity contribution in [1.29, 1.82) is 0 Å². The van der Waals surface area contributed by atoms with Gasteiger partial charge < -0.3 is 5.32 Å². The van der Waals surface area contributed by atoms with Gasteiger partial charge in [0, 0.05) is 24.8 Å². The van der Waals surface area contributed by atoms with Gasteiger partial charge in [-0.05, 0) is 53.4 Å². The van der Waals surface area contributed by atoms with Gasteiger partial charge in [0.1, 0.15) is 0 Å². The zero-order valence-electron chi connectivity index (χ0n) is 12.4. The quantitative estimate of drug-likeness (QED) is 0.813. The lowest BCUT2D eigenvalue weighted by Crippen LogP contribution is -2.25. The summed E-state index contributed by atoms with van der Waals surface area (Å²) in [4.78, 5) is 12.0. The second-order valence-corrected chi connectivity index (χ2v) is 5.84. The highest BCUT2D eigenvalue weighted by Crippen LogP contribution is 2.13. The van der Waals surface area contributed by atoms with Crippen molar-refractivity contribution in [3.05, 3.63) is 51.8 Å². The van der Waals surface area contributed by atoms with Crippen molar-refractivity contribution in [2.24, 2.45) is 0 Å². The summed E-state index contributed by atoms with van der Waals surface area (Å²) in [7, 11) is 0. The van der Waals surface area contributed by atoms with E-state index in [-0.39, 0.29) is 5.91 Å². The van der Waals surface area contributed by atoms with E-state index in [9.17, 15) is 4.79 Å². The Bertz CT molecular complexity index is 585. The number of hydrogen-bond donors (Lipinski definition) is 1. The minimum Gasteiger partial charge on any atom is -0.352 e. The summed E-state index contributed by atoms with van der Waals surface area (Å²) >= 11 is 3.44. The maximum Gasteiger partial charge on any atom is 0.251 e. The van der Waals surface area contributed by atoms with Gasteiger partial charge in [0.2, 0.25) is 0 Å². The molecular weight excluding hydrogens is 330 g/mol. The van der Waals surface area contributed by atoms with E-state index in [1.807, 2.05) is 42.1 Å². The molecule has 2 rings (SSSR count). The number of aromatic nitrogens is 2. The number of rotatable bonds is 6. The van der Waals surface area contributed by atoms with Gasteiger partial charge in [0.15, 0.2) is 0 Å². The molecule has 1 aromatic heterocycles. The summed E-state index contributed by atoms with van der Waals surface area (Å²) in [5.41, 5.74) is 2.94. The Morgan fingerprint density at radius 2 is 2.05 bits per heavy atom. The van der Waals surface area contributed by atoms with Gasteiger partial charge in [-0.1, -0.05) is 19.1 Å². The van der Waals surface area contributed by atoms with Crippen LogP contribution in [0.4, 0.5) is 0 Å². The first-order valence-corrected chi connectivity index (χ1v) is 7.96. The fraction of sp³-hybridized carbons (Fsp3) is 0.375. The highest BCUT2D eigenvalue weighted by atomic mass is 79.9. The minimum atomic E-state index is -0.0181. The van der Waals surface area contributed by atoms with Crippen LogP contribution < -0.4 is 5.32 Å². The van der Waals surface area contributed by atoms with Crippen molar-refractivity contribution in [3.63, 3.8) is 0 Å².